The zero-order valence-electron chi connectivity index (χ0n) is 11.7. The molecule has 0 radical (unpaired) electrons. The summed E-state index contributed by atoms with van der Waals surface area (Å²) in [6, 6.07) is 21.6. The van der Waals surface area contributed by atoms with E-state index in [4.69, 9.17) is 0 Å². The van der Waals surface area contributed by atoms with Crippen LogP contribution >= 0.6 is 0 Å². The van der Waals surface area contributed by atoms with E-state index in [1.807, 2.05) is 54.6 Å². The van der Waals surface area contributed by atoms with E-state index in [1.54, 1.807) is 12.1 Å². The van der Waals surface area contributed by atoms with Gasteiger partial charge in [-0.3, -0.25) is 0 Å². The van der Waals surface area contributed by atoms with Crippen molar-refractivity contribution in [1.82, 2.24) is 0 Å². The molecular formula is C18H14N2O2. The molecule has 0 saturated carbocycles. The fourth-order valence-corrected chi connectivity index (χ4v) is 2.14. The Morgan fingerprint density at radius 2 is 1.27 bits per heavy atom. The number of phenolic OH excluding ortho intramolecular Hbond substituents is 2. The van der Waals surface area contributed by atoms with Crippen molar-refractivity contribution < 1.29 is 10.2 Å². The summed E-state index contributed by atoms with van der Waals surface area (Å²) < 4.78 is 0. The Labute approximate surface area is 128 Å². The molecule has 0 aliphatic carbocycles. The minimum atomic E-state index is -0.162. The molecule has 0 bridgehead atoms. The average molecular weight is 290 g/mol. The second-order valence-corrected chi connectivity index (χ2v) is 4.73. The highest BCUT2D eigenvalue weighted by atomic mass is 16.3. The predicted molar refractivity (Wildman–Crippen MR) is 85.8 cm³/mol. The first kappa shape index (κ1) is 13.8. The van der Waals surface area contributed by atoms with E-state index in [2.05, 4.69) is 10.2 Å². The van der Waals surface area contributed by atoms with E-state index in [0.717, 1.165) is 5.69 Å². The Kier molecular flexibility index (Phi) is 3.83. The molecule has 108 valence electrons. The normalized spacial score (nSPS) is 10.9. The van der Waals surface area contributed by atoms with Crippen LogP contribution in [0.15, 0.2) is 83.0 Å². The molecule has 3 aromatic carbocycles. The van der Waals surface area contributed by atoms with Crippen molar-refractivity contribution in [2.75, 3.05) is 0 Å². The van der Waals surface area contributed by atoms with Gasteiger partial charge in [0.25, 0.3) is 0 Å². The van der Waals surface area contributed by atoms with E-state index >= 15 is 0 Å². The van der Waals surface area contributed by atoms with E-state index in [0.29, 0.717) is 16.8 Å². The van der Waals surface area contributed by atoms with Gasteiger partial charge in [0.05, 0.1) is 11.4 Å². The first-order valence-corrected chi connectivity index (χ1v) is 6.83. The highest BCUT2D eigenvalue weighted by Gasteiger charge is 2.11. The zero-order valence-corrected chi connectivity index (χ0v) is 11.7. The van der Waals surface area contributed by atoms with E-state index in [-0.39, 0.29) is 11.5 Å². The number of aromatic hydroxyl groups is 2. The summed E-state index contributed by atoms with van der Waals surface area (Å²) in [4.78, 5) is 0. The molecule has 2 N–H and O–H groups in total. The molecule has 4 heteroatoms. The van der Waals surface area contributed by atoms with Gasteiger partial charge in [-0.05, 0) is 24.3 Å². The smallest absolute Gasteiger partial charge is 0.165 e. The number of hydrogen-bond donors (Lipinski definition) is 2. The summed E-state index contributed by atoms with van der Waals surface area (Å²) >= 11 is 0. The largest absolute Gasteiger partial charge is 0.504 e. The molecule has 0 aromatic heterocycles. The van der Waals surface area contributed by atoms with Crippen molar-refractivity contribution in [2.45, 2.75) is 0 Å². The second-order valence-electron chi connectivity index (χ2n) is 4.73. The molecule has 0 unspecified atom stereocenters. The first-order valence-electron chi connectivity index (χ1n) is 6.83. The third-order valence-electron chi connectivity index (χ3n) is 3.24. The van der Waals surface area contributed by atoms with Gasteiger partial charge < -0.3 is 10.2 Å². The maximum absolute atomic E-state index is 10.0. The van der Waals surface area contributed by atoms with Crippen LogP contribution in [-0.4, -0.2) is 10.2 Å². The minimum Gasteiger partial charge on any atom is -0.504 e. The van der Waals surface area contributed by atoms with E-state index in [1.165, 1.54) is 6.07 Å². The van der Waals surface area contributed by atoms with Crippen LogP contribution in [0.1, 0.15) is 0 Å². The monoisotopic (exact) mass is 290 g/mol. The van der Waals surface area contributed by atoms with Gasteiger partial charge in [0, 0.05) is 11.1 Å². The third kappa shape index (κ3) is 2.81. The molecule has 0 fully saturated rings. The van der Waals surface area contributed by atoms with Gasteiger partial charge in [-0.1, -0.05) is 48.5 Å². The van der Waals surface area contributed by atoms with Crippen molar-refractivity contribution in [2.24, 2.45) is 10.2 Å². The Hall–Kier alpha value is -3.14. The molecule has 0 atom stereocenters. The van der Waals surface area contributed by atoms with Crippen LogP contribution in [0.3, 0.4) is 0 Å². The minimum absolute atomic E-state index is 0.160. The molecule has 4 nitrogen and oxygen atoms in total. The predicted octanol–water partition coefficient (Wildman–Crippen LogP) is 5.18. The molecule has 0 aliphatic heterocycles. The highest BCUT2D eigenvalue weighted by molar-refractivity contribution is 5.81. The van der Waals surface area contributed by atoms with Crippen molar-refractivity contribution in [3.63, 3.8) is 0 Å². The first-order chi connectivity index (χ1) is 10.8. The van der Waals surface area contributed by atoms with Crippen LogP contribution in [0.2, 0.25) is 0 Å². The van der Waals surface area contributed by atoms with Gasteiger partial charge in [-0.15, -0.1) is 5.11 Å². The van der Waals surface area contributed by atoms with E-state index < -0.39 is 0 Å². The molecule has 22 heavy (non-hydrogen) atoms. The van der Waals surface area contributed by atoms with Gasteiger partial charge in [-0.2, -0.15) is 5.11 Å². The number of benzene rings is 3. The molecule has 3 rings (SSSR count). The van der Waals surface area contributed by atoms with Gasteiger partial charge in [0.2, 0.25) is 0 Å². The highest BCUT2D eigenvalue weighted by Crippen LogP contribution is 2.40. The van der Waals surface area contributed by atoms with Gasteiger partial charge in [0.15, 0.2) is 11.5 Å². The lowest BCUT2D eigenvalue weighted by molar-refractivity contribution is 0.405. The molecule has 0 saturated heterocycles. The zero-order chi connectivity index (χ0) is 15.4. The fourth-order valence-electron chi connectivity index (χ4n) is 2.14. The van der Waals surface area contributed by atoms with Crippen molar-refractivity contribution in [3.8, 4) is 22.6 Å². The van der Waals surface area contributed by atoms with Crippen LogP contribution in [0, 0.1) is 0 Å². The number of azo groups is 1. The summed E-state index contributed by atoms with van der Waals surface area (Å²) in [5, 5.41) is 28.1. The van der Waals surface area contributed by atoms with Gasteiger partial charge in [0.1, 0.15) is 0 Å². The molecule has 0 spiro atoms. The number of phenols is 2. The Morgan fingerprint density at radius 1 is 0.591 bits per heavy atom. The topological polar surface area (TPSA) is 65.2 Å². The van der Waals surface area contributed by atoms with Crippen molar-refractivity contribution in [3.05, 3.63) is 72.8 Å². The number of para-hydroxylation sites is 1. The third-order valence-corrected chi connectivity index (χ3v) is 3.24. The summed E-state index contributed by atoms with van der Waals surface area (Å²) in [6.45, 7) is 0. The van der Waals surface area contributed by atoms with E-state index in [9.17, 15) is 10.2 Å². The average Bonchev–Trinajstić information content (AvgIpc) is 2.57. The molecule has 0 amide bonds. The van der Waals surface area contributed by atoms with Crippen LogP contribution in [0.4, 0.5) is 11.4 Å². The van der Waals surface area contributed by atoms with Gasteiger partial charge in [-0.25, -0.2) is 0 Å². The lowest BCUT2D eigenvalue weighted by atomic mass is 10.0. The summed E-state index contributed by atoms with van der Waals surface area (Å²) in [7, 11) is 0. The van der Waals surface area contributed by atoms with Crippen molar-refractivity contribution in [1.29, 1.82) is 0 Å². The van der Waals surface area contributed by atoms with Crippen molar-refractivity contribution >= 4 is 11.4 Å². The van der Waals surface area contributed by atoms with Crippen LogP contribution < -0.4 is 0 Å². The quantitative estimate of drug-likeness (QED) is 0.515. The SMILES string of the molecule is Oc1cccc(-c2ccccc2N=Nc2ccccc2)c1O. The standard InChI is InChI=1S/C18H14N2O2/c21-17-12-6-10-15(18(17)22)14-9-4-5-11-16(14)20-19-13-7-2-1-3-8-13/h1-12,21-22H. The lowest BCUT2D eigenvalue weighted by Gasteiger charge is -2.08. The Balaban J connectivity index is 2.04. The molecule has 3 aromatic rings. The number of rotatable bonds is 3. The van der Waals surface area contributed by atoms with Gasteiger partial charge >= 0.3 is 0 Å². The molecule has 0 aliphatic rings. The van der Waals surface area contributed by atoms with Crippen LogP contribution in [0.25, 0.3) is 11.1 Å². The Morgan fingerprint density at radius 3 is 2.09 bits per heavy atom. The maximum atomic E-state index is 10.0. The molecule has 0 heterocycles. The van der Waals surface area contributed by atoms with Crippen LogP contribution in [0.5, 0.6) is 11.5 Å². The van der Waals surface area contributed by atoms with Crippen LogP contribution in [-0.2, 0) is 0 Å². The Bertz CT molecular complexity index is 814. The molecular weight excluding hydrogens is 276 g/mol. The lowest BCUT2D eigenvalue weighted by Crippen LogP contribution is -1.80. The number of nitrogens with zero attached hydrogens (tertiary/aromatic N) is 2. The summed E-state index contributed by atoms with van der Waals surface area (Å²) in [5.41, 5.74) is 2.59. The maximum Gasteiger partial charge on any atom is 0.165 e. The second kappa shape index (κ2) is 6.10. The summed E-state index contributed by atoms with van der Waals surface area (Å²) in [6.07, 6.45) is 0. The fraction of sp³-hybridized carbons (Fsp3) is 0. The number of hydrogen-bond acceptors (Lipinski definition) is 4. The summed E-state index contributed by atoms with van der Waals surface area (Å²) in [5.74, 6) is -0.322.